The molecular formula is C28H24N6O4. The number of hydrogen-bond acceptors (Lipinski definition) is 4. The first-order valence-electron chi connectivity index (χ1n) is 12.6. The number of fused-ring (bicyclic) bond motifs is 8. The molecule has 0 fully saturated rings. The van der Waals surface area contributed by atoms with Crippen LogP contribution in [-0.2, 0) is 0 Å². The number of ether oxygens (including phenoxy) is 2. The van der Waals surface area contributed by atoms with Gasteiger partial charge in [0.1, 0.15) is 56.4 Å². The summed E-state index contributed by atoms with van der Waals surface area (Å²) >= 11 is 0. The summed E-state index contributed by atoms with van der Waals surface area (Å²) in [5, 5.41) is 21.1. The van der Waals surface area contributed by atoms with E-state index in [9.17, 15) is 10.2 Å². The minimum Gasteiger partial charge on any atom is -0.505 e. The van der Waals surface area contributed by atoms with Gasteiger partial charge in [-0.15, -0.1) is 28.1 Å². The Bertz CT molecular complexity index is 1800. The predicted octanol–water partition coefficient (Wildman–Crippen LogP) is 4.80. The van der Waals surface area contributed by atoms with Crippen LogP contribution >= 0.6 is 0 Å². The van der Waals surface area contributed by atoms with Gasteiger partial charge in [-0.25, -0.2) is 0 Å². The second-order valence-electron chi connectivity index (χ2n) is 9.42. The summed E-state index contributed by atoms with van der Waals surface area (Å²) in [4.78, 5) is 3.85. The van der Waals surface area contributed by atoms with Gasteiger partial charge in [0, 0.05) is 12.1 Å². The summed E-state index contributed by atoms with van der Waals surface area (Å²) in [7, 11) is 0. The van der Waals surface area contributed by atoms with E-state index in [2.05, 4.69) is 0 Å². The first-order valence-corrected chi connectivity index (χ1v) is 12.6. The highest BCUT2D eigenvalue weighted by Crippen LogP contribution is 2.34. The van der Waals surface area contributed by atoms with E-state index in [0.717, 1.165) is 34.9 Å². The maximum Gasteiger partial charge on any atom is 0.146 e. The summed E-state index contributed by atoms with van der Waals surface area (Å²) in [6.45, 7) is 1.03. The number of phenols is 2. The molecule has 2 N–H and O–H groups in total. The fourth-order valence-corrected chi connectivity index (χ4v) is 5.10. The maximum absolute atomic E-state index is 10.5. The van der Waals surface area contributed by atoms with E-state index in [1.165, 1.54) is 0 Å². The van der Waals surface area contributed by atoms with Gasteiger partial charge in [-0.05, 0) is 61.4 Å². The summed E-state index contributed by atoms with van der Waals surface area (Å²) in [5.74, 6) is 1.59. The van der Waals surface area contributed by atoms with Crippen molar-refractivity contribution in [3.05, 3.63) is 84.9 Å². The molecule has 0 saturated carbocycles. The van der Waals surface area contributed by atoms with Crippen molar-refractivity contribution in [2.24, 2.45) is 0 Å². The number of unbranched alkanes of at least 4 members (excludes halogenated alkanes) is 1. The molecule has 0 aliphatic carbocycles. The molecule has 0 bridgehead atoms. The van der Waals surface area contributed by atoms with E-state index in [4.69, 9.17) is 9.47 Å². The third-order valence-corrected chi connectivity index (χ3v) is 7.04. The molecule has 38 heavy (non-hydrogen) atoms. The largest absolute Gasteiger partial charge is 0.505 e. The van der Waals surface area contributed by atoms with Crippen LogP contribution in [0.25, 0.3) is 33.4 Å². The Hall–Kier alpha value is -5.12. The number of para-hydroxylation sites is 4. The summed E-state index contributed by atoms with van der Waals surface area (Å²) in [5.41, 5.74) is 5.90. The van der Waals surface area contributed by atoms with Crippen LogP contribution in [-0.4, -0.2) is 51.5 Å². The second-order valence-corrected chi connectivity index (χ2v) is 9.42. The second kappa shape index (κ2) is 7.69. The van der Waals surface area contributed by atoms with Crippen LogP contribution in [0.15, 0.2) is 84.9 Å². The third-order valence-electron chi connectivity index (χ3n) is 7.04. The highest BCUT2D eigenvalue weighted by atomic mass is 16.5. The summed E-state index contributed by atoms with van der Waals surface area (Å²) < 4.78 is 19.7. The van der Waals surface area contributed by atoms with Crippen molar-refractivity contribution in [2.45, 2.75) is 12.8 Å². The molecule has 4 aromatic heterocycles. The zero-order valence-corrected chi connectivity index (χ0v) is 20.3. The number of rotatable bonds is 9. The van der Waals surface area contributed by atoms with E-state index in [1.807, 2.05) is 101 Å². The van der Waals surface area contributed by atoms with Gasteiger partial charge in [0.05, 0.1) is 13.2 Å². The zero-order chi connectivity index (χ0) is 25.4. The van der Waals surface area contributed by atoms with Gasteiger partial charge in [0.2, 0.25) is 0 Å². The van der Waals surface area contributed by atoms with E-state index in [0.29, 0.717) is 36.1 Å². The molecule has 0 aliphatic heterocycles. The van der Waals surface area contributed by atoms with Crippen LogP contribution in [0.2, 0.25) is 0 Å². The molecule has 0 amide bonds. The van der Waals surface area contributed by atoms with Crippen molar-refractivity contribution < 1.29 is 19.7 Å². The average Bonchev–Trinajstić information content (AvgIpc) is 3.78. The van der Waals surface area contributed by atoms with Crippen LogP contribution < -0.4 is 9.47 Å². The van der Waals surface area contributed by atoms with E-state index in [-0.39, 0.29) is 11.5 Å². The lowest BCUT2D eigenvalue weighted by Gasteiger charge is -2.09. The normalized spacial score (nSPS) is 12.3. The quantitative estimate of drug-likeness (QED) is 0.274. The monoisotopic (exact) mass is 508 g/mol. The minimum absolute atomic E-state index is 0.169. The Labute approximate surface area is 215 Å². The lowest BCUT2D eigenvalue weighted by Crippen LogP contribution is -2.03. The number of phenolic OH excluding ortho intramolecular Hbond substituents is 2. The molecule has 0 radical (unpaired) electrons. The van der Waals surface area contributed by atoms with Crippen molar-refractivity contribution in [1.82, 2.24) is 28.1 Å². The number of benzene rings is 4. The van der Waals surface area contributed by atoms with Gasteiger partial charge < -0.3 is 19.7 Å². The molecule has 190 valence electrons. The summed E-state index contributed by atoms with van der Waals surface area (Å²) in [6.07, 6.45) is 1.59. The van der Waals surface area contributed by atoms with Gasteiger partial charge in [-0.1, -0.05) is 24.3 Å². The van der Waals surface area contributed by atoms with Crippen LogP contribution in [0.1, 0.15) is 12.8 Å². The van der Waals surface area contributed by atoms with Crippen LogP contribution in [0.3, 0.4) is 0 Å². The molecule has 0 unspecified atom stereocenters. The van der Waals surface area contributed by atoms with Gasteiger partial charge in [-0.3, -0.25) is 0 Å². The topological polar surface area (TPSA) is 86.4 Å². The molecule has 0 spiro atoms. The Balaban J connectivity index is 0.832. The Morgan fingerprint density at radius 2 is 0.868 bits per heavy atom. The molecule has 4 aromatic carbocycles. The number of nitrogens with zero attached hydrogens (tertiary/aromatic N) is 6. The summed E-state index contributed by atoms with van der Waals surface area (Å²) in [6, 6.07) is 27.0. The molecular weight excluding hydrogens is 484 g/mol. The van der Waals surface area contributed by atoms with E-state index >= 15 is 0 Å². The maximum atomic E-state index is 10.5. The SMILES string of the molecule is Oc1cc(OCCCCOc2ccc(-n3n4c5ccccc5n34)c(O)c2)ccc1-n1n2c3ccccc3n12. The number of hydrogen-bond donors (Lipinski definition) is 2. The fourth-order valence-electron chi connectivity index (χ4n) is 5.10. The Kier molecular flexibility index (Phi) is 4.25. The van der Waals surface area contributed by atoms with Crippen molar-refractivity contribution in [3.63, 3.8) is 0 Å². The van der Waals surface area contributed by atoms with Crippen molar-refractivity contribution in [2.75, 3.05) is 13.2 Å². The molecule has 4 heterocycles. The first kappa shape index (κ1) is 21.0. The Morgan fingerprint density at radius 3 is 1.21 bits per heavy atom. The predicted molar refractivity (Wildman–Crippen MR) is 141 cm³/mol. The highest BCUT2D eigenvalue weighted by Gasteiger charge is 2.26. The lowest BCUT2D eigenvalue weighted by molar-refractivity contribution is 0.265. The van der Waals surface area contributed by atoms with Gasteiger partial charge >= 0.3 is 0 Å². The molecule has 8 aromatic rings. The Morgan fingerprint density at radius 1 is 0.500 bits per heavy atom. The number of aromatic hydroxyl groups is 2. The molecule has 10 nitrogen and oxygen atoms in total. The zero-order valence-electron chi connectivity index (χ0n) is 20.3. The fraction of sp³-hybridized carbons (Fsp3) is 0.143. The molecule has 8 rings (SSSR count). The van der Waals surface area contributed by atoms with Gasteiger partial charge in [0.25, 0.3) is 0 Å². The van der Waals surface area contributed by atoms with Gasteiger partial charge in [-0.2, -0.15) is 0 Å². The molecule has 0 atom stereocenters. The average molecular weight is 509 g/mol. The van der Waals surface area contributed by atoms with Crippen LogP contribution in [0.4, 0.5) is 0 Å². The first-order chi connectivity index (χ1) is 18.7. The van der Waals surface area contributed by atoms with Gasteiger partial charge in [0.15, 0.2) is 0 Å². The van der Waals surface area contributed by atoms with Crippen molar-refractivity contribution >= 4 is 22.1 Å². The smallest absolute Gasteiger partial charge is 0.146 e. The van der Waals surface area contributed by atoms with Crippen molar-refractivity contribution in [3.8, 4) is 34.4 Å². The number of aromatic nitrogens is 6. The van der Waals surface area contributed by atoms with E-state index < -0.39 is 0 Å². The third kappa shape index (κ3) is 3.00. The van der Waals surface area contributed by atoms with Crippen LogP contribution in [0.5, 0.6) is 23.0 Å². The standard InChI is InChI=1S/C28H24N6O4/c35-27-17-19(11-13-25(27)33-29-21-7-1-2-8-22(21)30(29)33)37-15-5-6-16-38-20-12-14-26(28(36)18-20)34-31-23-9-3-4-10-24(23)32(31)34/h1-4,7-14,17-18,35-36H,5-6,15-16H2. The highest BCUT2D eigenvalue weighted by molar-refractivity contribution is 5.80. The molecule has 10 heteroatoms. The van der Waals surface area contributed by atoms with Crippen LogP contribution in [0, 0.1) is 0 Å². The van der Waals surface area contributed by atoms with E-state index in [1.54, 1.807) is 12.1 Å². The molecule has 0 aliphatic rings. The lowest BCUT2D eigenvalue weighted by atomic mass is 10.2. The minimum atomic E-state index is 0.169. The van der Waals surface area contributed by atoms with Crippen molar-refractivity contribution in [1.29, 1.82) is 0 Å². The molecule has 0 saturated heterocycles.